The van der Waals surface area contributed by atoms with Crippen LogP contribution in [-0.2, 0) is 22.5 Å². The van der Waals surface area contributed by atoms with Gasteiger partial charge in [0.25, 0.3) is 0 Å². The van der Waals surface area contributed by atoms with E-state index in [1.165, 1.54) is 16.9 Å². The third kappa shape index (κ3) is 3.48. The summed E-state index contributed by atoms with van der Waals surface area (Å²) in [6.07, 6.45) is 5.81. The summed E-state index contributed by atoms with van der Waals surface area (Å²) < 4.78 is 0. The smallest absolute Gasteiger partial charge is 0.331 e. The minimum Gasteiger partial charge on any atom is -0.507 e. The first-order valence-electron chi connectivity index (χ1n) is 10.6. The van der Waals surface area contributed by atoms with Crippen molar-refractivity contribution in [3.63, 3.8) is 0 Å². The number of phenolic OH excluding ortho intramolecular Hbond substituents is 1. The van der Waals surface area contributed by atoms with Crippen LogP contribution >= 0.6 is 11.3 Å². The number of rotatable bonds is 5. The van der Waals surface area contributed by atoms with Crippen LogP contribution in [0.25, 0.3) is 21.3 Å². The van der Waals surface area contributed by atoms with E-state index in [0.717, 1.165) is 63.8 Å². The Labute approximate surface area is 180 Å². The van der Waals surface area contributed by atoms with Crippen LogP contribution in [-0.4, -0.2) is 16.1 Å². The molecular formula is C24H28N2O3S. The van der Waals surface area contributed by atoms with Crippen molar-refractivity contribution in [2.24, 2.45) is 5.90 Å². The van der Waals surface area contributed by atoms with Crippen LogP contribution in [0.5, 0.6) is 5.75 Å². The normalized spacial score (nSPS) is 14.5. The molecule has 158 valence electrons. The highest BCUT2D eigenvalue weighted by Gasteiger charge is 2.31. The lowest BCUT2D eigenvalue weighted by atomic mass is 9.83. The van der Waals surface area contributed by atoms with E-state index in [0.29, 0.717) is 6.42 Å². The average molecular weight is 425 g/mol. The molecule has 6 heteroatoms. The SMILES string of the molecule is CCCC(C(=O)ON)c1c(C)nc2sc3c(c2c1-c1ccc(C)cc1O)CCCC3. The summed E-state index contributed by atoms with van der Waals surface area (Å²) in [6, 6.07) is 5.72. The van der Waals surface area contributed by atoms with E-state index in [9.17, 15) is 9.90 Å². The maximum atomic E-state index is 12.7. The van der Waals surface area contributed by atoms with Crippen LogP contribution in [0.4, 0.5) is 0 Å². The molecule has 1 unspecified atom stereocenters. The van der Waals surface area contributed by atoms with Crippen molar-refractivity contribution in [2.75, 3.05) is 0 Å². The van der Waals surface area contributed by atoms with Crippen molar-refractivity contribution < 1.29 is 14.7 Å². The summed E-state index contributed by atoms with van der Waals surface area (Å²) in [4.78, 5) is 24.7. The summed E-state index contributed by atoms with van der Waals surface area (Å²) in [5.74, 6) is 4.55. The summed E-state index contributed by atoms with van der Waals surface area (Å²) >= 11 is 1.75. The van der Waals surface area contributed by atoms with Gasteiger partial charge in [0.15, 0.2) is 0 Å². The number of aromatic nitrogens is 1. The zero-order valence-corrected chi connectivity index (χ0v) is 18.6. The summed E-state index contributed by atoms with van der Waals surface area (Å²) in [5, 5.41) is 12.0. The molecule has 0 amide bonds. The highest BCUT2D eigenvalue weighted by Crippen LogP contribution is 2.47. The molecule has 5 nitrogen and oxygen atoms in total. The van der Waals surface area contributed by atoms with Gasteiger partial charge >= 0.3 is 5.97 Å². The van der Waals surface area contributed by atoms with Gasteiger partial charge in [-0.05, 0) is 68.7 Å². The Kier molecular flexibility index (Phi) is 5.80. The predicted molar refractivity (Wildman–Crippen MR) is 121 cm³/mol. The third-order valence-corrected chi connectivity index (χ3v) is 7.27. The van der Waals surface area contributed by atoms with E-state index in [-0.39, 0.29) is 5.75 Å². The molecular weight excluding hydrogens is 396 g/mol. The largest absolute Gasteiger partial charge is 0.507 e. The Morgan fingerprint density at radius 2 is 2.07 bits per heavy atom. The number of aromatic hydroxyl groups is 1. The lowest BCUT2D eigenvalue weighted by molar-refractivity contribution is -0.146. The molecule has 0 saturated heterocycles. The van der Waals surface area contributed by atoms with Gasteiger partial charge < -0.3 is 9.94 Å². The molecule has 1 atom stereocenters. The van der Waals surface area contributed by atoms with Gasteiger partial charge in [0.05, 0.1) is 5.92 Å². The molecule has 0 fully saturated rings. The van der Waals surface area contributed by atoms with E-state index in [1.54, 1.807) is 17.4 Å². The minimum absolute atomic E-state index is 0.218. The number of hydrogen-bond acceptors (Lipinski definition) is 6. The zero-order chi connectivity index (χ0) is 21.4. The van der Waals surface area contributed by atoms with Gasteiger partial charge in [-0.3, -0.25) is 0 Å². The second-order valence-electron chi connectivity index (χ2n) is 8.18. The Bertz CT molecular complexity index is 1120. The molecule has 0 radical (unpaired) electrons. The van der Waals surface area contributed by atoms with Gasteiger partial charge in [-0.25, -0.2) is 9.78 Å². The fraction of sp³-hybridized carbons (Fsp3) is 0.417. The number of benzene rings is 1. The highest BCUT2D eigenvalue weighted by molar-refractivity contribution is 7.19. The molecule has 30 heavy (non-hydrogen) atoms. The van der Waals surface area contributed by atoms with E-state index in [2.05, 4.69) is 0 Å². The van der Waals surface area contributed by atoms with Crippen LogP contribution in [0.2, 0.25) is 0 Å². The van der Waals surface area contributed by atoms with E-state index in [4.69, 9.17) is 15.7 Å². The first-order valence-corrected chi connectivity index (χ1v) is 11.4. The monoisotopic (exact) mass is 424 g/mol. The molecule has 0 saturated carbocycles. The van der Waals surface area contributed by atoms with Crippen LogP contribution in [0.1, 0.15) is 65.8 Å². The second-order valence-corrected chi connectivity index (χ2v) is 9.26. The van der Waals surface area contributed by atoms with Crippen molar-refractivity contribution in [3.8, 4) is 16.9 Å². The van der Waals surface area contributed by atoms with E-state index >= 15 is 0 Å². The van der Waals surface area contributed by atoms with Crippen LogP contribution in [0.3, 0.4) is 0 Å². The van der Waals surface area contributed by atoms with Crippen molar-refractivity contribution in [3.05, 3.63) is 45.5 Å². The lowest BCUT2D eigenvalue weighted by Gasteiger charge is -2.22. The first kappa shape index (κ1) is 20.8. The molecule has 1 aliphatic rings. The van der Waals surface area contributed by atoms with Crippen molar-refractivity contribution in [2.45, 2.75) is 65.2 Å². The Hall–Kier alpha value is -2.44. The first-order chi connectivity index (χ1) is 14.5. The Balaban J connectivity index is 2.12. The van der Waals surface area contributed by atoms with Crippen LogP contribution in [0, 0.1) is 13.8 Å². The van der Waals surface area contributed by atoms with E-state index in [1.807, 2.05) is 32.9 Å². The molecule has 1 aliphatic carbocycles. The molecule has 3 aromatic rings. The molecule has 0 aliphatic heterocycles. The number of nitrogens with zero attached hydrogens (tertiary/aromatic N) is 1. The van der Waals surface area contributed by atoms with Crippen LogP contribution in [0.15, 0.2) is 18.2 Å². The summed E-state index contributed by atoms with van der Waals surface area (Å²) in [5.41, 5.74) is 5.58. The number of pyridine rings is 1. The van der Waals surface area contributed by atoms with Gasteiger partial charge in [-0.2, -0.15) is 5.90 Å². The Morgan fingerprint density at radius 1 is 1.30 bits per heavy atom. The van der Waals surface area contributed by atoms with Crippen molar-refractivity contribution in [1.82, 2.24) is 4.98 Å². The minimum atomic E-state index is -0.522. The number of thiophene rings is 1. The number of carbonyl (C=O) groups is 1. The Morgan fingerprint density at radius 3 is 2.77 bits per heavy atom. The average Bonchev–Trinajstić information content (AvgIpc) is 3.09. The number of aryl methyl sites for hydroxylation is 4. The second kappa shape index (κ2) is 8.36. The maximum Gasteiger partial charge on any atom is 0.331 e. The number of carbonyl (C=O) groups excluding carboxylic acids is 1. The number of hydrogen-bond donors (Lipinski definition) is 2. The van der Waals surface area contributed by atoms with Crippen molar-refractivity contribution >= 4 is 27.5 Å². The number of nitrogens with two attached hydrogens (primary N) is 1. The number of fused-ring (bicyclic) bond motifs is 3. The zero-order valence-electron chi connectivity index (χ0n) is 17.7. The van der Waals surface area contributed by atoms with Gasteiger partial charge in [-0.1, -0.05) is 25.5 Å². The van der Waals surface area contributed by atoms with Gasteiger partial charge in [0, 0.05) is 27.1 Å². The highest BCUT2D eigenvalue weighted by atomic mass is 32.1. The predicted octanol–water partition coefficient (Wildman–Crippen LogP) is 5.47. The lowest BCUT2D eigenvalue weighted by Crippen LogP contribution is -2.21. The molecule has 0 bridgehead atoms. The molecule has 2 aromatic heterocycles. The standard InChI is InChI=1S/C24H28N2O3S/c1-4-7-17(24(28)29-25)20-14(3)26-23-22(16-8-5-6-9-19(16)30-23)21(20)15-11-10-13(2)12-18(15)27/h10-12,17,27H,4-9,25H2,1-3H3. The fourth-order valence-corrected chi connectivity index (χ4v) is 6.04. The maximum absolute atomic E-state index is 12.7. The van der Waals surface area contributed by atoms with Gasteiger partial charge in [0.2, 0.25) is 0 Å². The van der Waals surface area contributed by atoms with Gasteiger partial charge in [-0.15, -0.1) is 11.3 Å². The van der Waals surface area contributed by atoms with E-state index < -0.39 is 11.9 Å². The topological polar surface area (TPSA) is 85.4 Å². The molecule has 1 aromatic carbocycles. The quantitative estimate of drug-likeness (QED) is 0.531. The third-order valence-electron chi connectivity index (χ3n) is 6.08. The molecule has 3 N–H and O–H groups in total. The van der Waals surface area contributed by atoms with Crippen molar-refractivity contribution in [1.29, 1.82) is 0 Å². The molecule has 4 rings (SSSR count). The summed E-state index contributed by atoms with van der Waals surface area (Å²) in [6.45, 7) is 5.93. The van der Waals surface area contributed by atoms with Crippen LogP contribution < -0.4 is 5.90 Å². The number of phenols is 1. The molecule has 2 heterocycles. The fourth-order valence-electron chi connectivity index (χ4n) is 4.73. The van der Waals surface area contributed by atoms with Gasteiger partial charge in [0.1, 0.15) is 10.6 Å². The molecule has 0 spiro atoms. The summed E-state index contributed by atoms with van der Waals surface area (Å²) in [7, 11) is 0.